The van der Waals surface area contributed by atoms with Crippen molar-refractivity contribution in [3.63, 3.8) is 0 Å². The summed E-state index contributed by atoms with van der Waals surface area (Å²) in [5.41, 5.74) is 1.72. The molecule has 0 amide bonds. The average molecular weight is 218 g/mol. The normalized spacial score (nSPS) is 9.12. The van der Waals surface area contributed by atoms with Crippen LogP contribution in [0.3, 0.4) is 0 Å². The lowest BCUT2D eigenvalue weighted by Gasteiger charge is -2.00. The van der Waals surface area contributed by atoms with Crippen molar-refractivity contribution < 1.29 is 14.6 Å². The van der Waals surface area contributed by atoms with Gasteiger partial charge in [-0.2, -0.15) is 0 Å². The molecule has 0 heterocycles. The molecule has 0 atom stereocenters. The number of aliphatic hydroxyl groups is 1. The highest BCUT2D eigenvalue weighted by atomic mass is 16.5. The molecule has 1 N–H and O–H groups in total. The molecular formula is C13H14O3. The monoisotopic (exact) mass is 218 g/mol. The van der Waals surface area contributed by atoms with E-state index in [4.69, 9.17) is 5.11 Å². The van der Waals surface area contributed by atoms with E-state index in [0.717, 1.165) is 11.1 Å². The second-order valence-corrected chi connectivity index (χ2v) is 3.23. The molecule has 0 radical (unpaired) electrons. The number of esters is 1. The zero-order chi connectivity index (χ0) is 11.8. The van der Waals surface area contributed by atoms with Gasteiger partial charge in [-0.05, 0) is 17.7 Å². The van der Waals surface area contributed by atoms with Crippen molar-refractivity contribution in [3.8, 4) is 11.8 Å². The third-order valence-electron chi connectivity index (χ3n) is 1.97. The second-order valence-electron chi connectivity index (χ2n) is 3.23. The Bertz CT molecular complexity index is 413. The highest BCUT2D eigenvalue weighted by Gasteiger charge is 2.02. The first kappa shape index (κ1) is 12.3. The number of methoxy groups -OCH3 is 1. The molecule has 3 nitrogen and oxygen atoms in total. The molecule has 1 aromatic rings. The lowest BCUT2D eigenvalue weighted by atomic mass is 10.1. The van der Waals surface area contributed by atoms with Gasteiger partial charge in [-0.1, -0.05) is 24.0 Å². The van der Waals surface area contributed by atoms with Crippen LogP contribution in [0.2, 0.25) is 0 Å². The molecule has 0 aromatic heterocycles. The molecule has 0 unspecified atom stereocenters. The molecule has 0 bridgehead atoms. The molecule has 0 aliphatic heterocycles. The fourth-order valence-corrected chi connectivity index (χ4v) is 1.22. The second kappa shape index (κ2) is 6.65. The highest BCUT2D eigenvalue weighted by Crippen LogP contribution is 2.05. The lowest BCUT2D eigenvalue weighted by Crippen LogP contribution is -2.04. The Balaban J connectivity index is 2.72. The van der Waals surface area contributed by atoms with Gasteiger partial charge in [0.15, 0.2) is 0 Å². The van der Waals surface area contributed by atoms with Gasteiger partial charge in [-0.15, -0.1) is 0 Å². The number of aliphatic hydroxyl groups excluding tert-OH is 1. The molecule has 84 valence electrons. The number of carbonyl (C=O) groups is 1. The maximum absolute atomic E-state index is 11.1. The minimum atomic E-state index is -0.263. The van der Waals surface area contributed by atoms with E-state index in [9.17, 15) is 4.79 Å². The van der Waals surface area contributed by atoms with Crippen LogP contribution in [0.15, 0.2) is 24.3 Å². The van der Waals surface area contributed by atoms with Crippen molar-refractivity contribution in [1.29, 1.82) is 0 Å². The van der Waals surface area contributed by atoms with Crippen LogP contribution in [-0.2, 0) is 16.0 Å². The van der Waals surface area contributed by atoms with Crippen LogP contribution >= 0.6 is 0 Å². The van der Waals surface area contributed by atoms with Gasteiger partial charge >= 0.3 is 5.97 Å². The van der Waals surface area contributed by atoms with E-state index in [-0.39, 0.29) is 19.0 Å². The molecule has 3 heteroatoms. The number of ether oxygens (including phenoxy) is 1. The number of hydrogen-bond donors (Lipinski definition) is 1. The summed E-state index contributed by atoms with van der Waals surface area (Å²) in [6.07, 6.45) is 0.716. The van der Waals surface area contributed by atoms with E-state index >= 15 is 0 Å². The molecule has 0 spiro atoms. The van der Waals surface area contributed by atoms with E-state index in [0.29, 0.717) is 6.42 Å². The van der Waals surface area contributed by atoms with Crippen molar-refractivity contribution in [1.82, 2.24) is 0 Å². The first-order valence-corrected chi connectivity index (χ1v) is 5.01. The van der Waals surface area contributed by atoms with Gasteiger partial charge in [0.25, 0.3) is 0 Å². The Morgan fingerprint density at radius 2 is 2.31 bits per heavy atom. The van der Waals surface area contributed by atoms with Gasteiger partial charge in [-0.3, -0.25) is 4.79 Å². The Hall–Kier alpha value is -1.79. The number of hydrogen-bond acceptors (Lipinski definition) is 3. The molecular weight excluding hydrogens is 204 g/mol. The van der Waals surface area contributed by atoms with Crippen molar-refractivity contribution in [2.24, 2.45) is 0 Å². The van der Waals surface area contributed by atoms with Crippen LogP contribution in [-0.4, -0.2) is 24.8 Å². The van der Waals surface area contributed by atoms with Gasteiger partial charge in [0.2, 0.25) is 0 Å². The largest absolute Gasteiger partial charge is 0.469 e. The van der Waals surface area contributed by atoms with Crippen LogP contribution in [0, 0.1) is 11.8 Å². The van der Waals surface area contributed by atoms with Gasteiger partial charge in [0.1, 0.15) is 0 Å². The summed E-state index contributed by atoms with van der Waals surface area (Å²) < 4.78 is 4.58. The van der Waals surface area contributed by atoms with Crippen molar-refractivity contribution in [3.05, 3.63) is 35.4 Å². The van der Waals surface area contributed by atoms with E-state index in [1.807, 2.05) is 24.3 Å². The van der Waals surface area contributed by atoms with Crippen molar-refractivity contribution in [2.45, 2.75) is 12.8 Å². The minimum Gasteiger partial charge on any atom is -0.469 e. The molecule has 0 aliphatic rings. The summed E-state index contributed by atoms with van der Waals surface area (Å²) in [7, 11) is 1.37. The molecule has 16 heavy (non-hydrogen) atoms. The molecule has 0 aliphatic carbocycles. The average Bonchev–Trinajstić information content (AvgIpc) is 2.30. The van der Waals surface area contributed by atoms with E-state index in [1.54, 1.807) is 0 Å². The van der Waals surface area contributed by atoms with Gasteiger partial charge in [-0.25, -0.2) is 0 Å². The third-order valence-corrected chi connectivity index (χ3v) is 1.97. The fourth-order valence-electron chi connectivity index (χ4n) is 1.22. The quantitative estimate of drug-likeness (QED) is 0.611. The predicted molar refractivity (Wildman–Crippen MR) is 60.7 cm³/mol. The maximum atomic E-state index is 11.1. The maximum Gasteiger partial charge on any atom is 0.309 e. The topological polar surface area (TPSA) is 46.5 Å². The van der Waals surface area contributed by atoms with Crippen LogP contribution < -0.4 is 0 Å². The third kappa shape index (κ3) is 4.16. The van der Waals surface area contributed by atoms with Crippen LogP contribution in [0.1, 0.15) is 17.5 Å². The SMILES string of the molecule is COC(=O)Cc1cccc(C#CCCO)c1. The Morgan fingerprint density at radius 1 is 1.50 bits per heavy atom. The summed E-state index contributed by atoms with van der Waals surface area (Å²) in [6, 6.07) is 7.42. The van der Waals surface area contributed by atoms with Gasteiger partial charge in [0.05, 0.1) is 20.1 Å². The lowest BCUT2D eigenvalue weighted by molar-refractivity contribution is -0.139. The summed E-state index contributed by atoms with van der Waals surface area (Å²) in [6.45, 7) is 0.0643. The fraction of sp³-hybridized carbons (Fsp3) is 0.308. The van der Waals surface area contributed by atoms with Crippen LogP contribution in [0.5, 0.6) is 0 Å². The summed E-state index contributed by atoms with van der Waals surface area (Å²) in [4.78, 5) is 11.1. The zero-order valence-electron chi connectivity index (χ0n) is 9.19. The van der Waals surface area contributed by atoms with E-state index < -0.39 is 0 Å². The molecule has 1 rings (SSSR count). The summed E-state index contributed by atoms with van der Waals surface area (Å²) in [5.74, 6) is 5.48. The molecule has 0 saturated carbocycles. The summed E-state index contributed by atoms with van der Waals surface area (Å²) >= 11 is 0. The Labute approximate surface area is 95.1 Å². The van der Waals surface area contributed by atoms with Gasteiger partial charge < -0.3 is 9.84 Å². The van der Waals surface area contributed by atoms with Crippen LogP contribution in [0.25, 0.3) is 0 Å². The predicted octanol–water partition coefficient (Wildman–Crippen LogP) is 1.14. The van der Waals surface area contributed by atoms with E-state index in [2.05, 4.69) is 16.6 Å². The molecule has 0 saturated heterocycles. The zero-order valence-corrected chi connectivity index (χ0v) is 9.19. The van der Waals surface area contributed by atoms with Crippen molar-refractivity contribution in [2.75, 3.05) is 13.7 Å². The first-order valence-electron chi connectivity index (χ1n) is 5.01. The standard InChI is InChI=1S/C13H14O3/c1-16-13(15)10-12-7-4-6-11(9-12)5-2-3-8-14/h4,6-7,9,14H,3,8,10H2,1H3. The van der Waals surface area contributed by atoms with E-state index in [1.165, 1.54) is 7.11 Å². The van der Waals surface area contributed by atoms with Gasteiger partial charge in [0, 0.05) is 12.0 Å². The molecule has 1 aromatic carbocycles. The first-order chi connectivity index (χ1) is 7.76. The van der Waals surface area contributed by atoms with Crippen molar-refractivity contribution >= 4 is 5.97 Å². The Morgan fingerprint density at radius 3 is 3.00 bits per heavy atom. The minimum absolute atomic E-state index is 0.0643. The smallest absolute Gasteiger partial charge is 0.309 e. The highest BCUT2D eigenvalue weighted by molar-refractivity contribution is 5.72. The number of carbonyl (C=O) groups excluding carboxylic acids is 1. The number of rotatable bonds is 3. The number of benzene rings is 1. The summed E-state index contributed by atoms with van der Waals surface area (Å²) in [5, 5.41) is 8.59. The Kier molecular flexibility index (Phi) is 5.10. The molecule has 0 fully saturated rings. The van der Waals surface area contributed by atoms with Crippen LogP contribution in [0.4, 0.5) is 0 Å².